The minimum absolute atomic E-state index is 0.0223. The number of ketones is 2. The molecule has 7 nitrogen and oxygen atoms in total. The molecule has 0 aromatic carbocycles. The summed E-state index contributed by atoms with van der Waals surface area (Å²) in [6.45, 7) is 7.81. The first kappa shape index (κ1) is 19.3. The van der Waals surface area contributed by atoms with Crippen molar-refractivity contribution in [3.63, 3.8) is 0 Å². The quantitative estimate of drug-likeness (QED) is 0.422. The topological polar surface area (TPSA) is 94.6 Å². The van der Waals surface area contributed by atoms with Gasteiger partial charge in [-0.15, -0.1) is 0 Å². The summed E-state index contributed by atoms with van der Waals surface area (Å²) < 4.78 is 11.6. The van der Waals surface area contributed by atoms with Gasteiger partial charge in [-0.2, -0.15) is 0 Å². The Morgan fingerprint density at radius 3 is 2.60 bits per heavy atom. The number of ether oxygens (including phenoxy) is 2. The molecular formula is C23H28O7. The number of aliphatic hydroxyl groups is 1. The first-order chi connectivity index (χ1) is 14.2. The van der Waals surface area contributed by atoms with Crippen molar-refractivity contribution < 1.29 is 33.9 Å². The van der Waals surface area contributed by atoms with Crippen molar-refractivity contribution in [1.29, 1.82) is 0 Å². The van der Waals surface area contributed by atoms with Crippen LogP contribution in [0.25, 0.3) is 0 Å². The van der Waals surface area contributed by atoms with Gasteiger partial charge in [0.05, 0.1) is 23.0 Å². The van der Waals surface area contributed by atoms with E-state index in [4.69, 9.17) is 19.2 Å². The van der Waals surface area contributed by atoms with Gasteiger partial charge in [0.2, 0.25) is 0 Å². The van der Waals surface area contributed by atoms with Crippen molar-refractivity contribution in [3.05, 3.63) is 23.3 Å². The number of fused-ring (bicyclic) bond motifs is 4. The van der Waals surface area contributed by atoms with E-state index < -0.39 is 47.3 Å². The van der Waals surface area contributed by atoms with Crippen LogP contribution in [0.1, 0.15) is 27.7 Å². The molecule has 1 spiro atoms. The molecule has 2 aliphatic heterocycles. The Hall–Kier alpha value is -1.38. The van der Waals surface area contributed by atoms with E-state index in [-0.39, 0.29) is 35.4 Å². The second-order valence-corrected chi connectivity index (χ2v) is 10.6. The Labute approximate surface area is 175 Å². The van der Waals surface area contributed by atoms with Crippen molar-refractivity contribution in [3.8, 4) is 0 Å². The molecule has 0 aromatic heterocycles. The molecule has 1 N–H and O–H groups in total. The number of carbonyl (C=O) groups is 2. The van der Waals surface area contributed by atoms with Crippen LogP contribution in [0.5, 0.6) is 0 Å². The molecule has 2 heterocycles. The molecule has 162 valence electrons. The molecule has 0 amide bonds. The largest absolute Gasteiger partial charge is 0.392 e. The van der Waals surface area contributed by atoms with E-state index in [9.17, 15) is 14.7 Å². The van der Waals surface area contributed by atoms with E-state index in [2.05, 4.69) is 0 Å². The van der Waals surface area contributed by atoms with E-state index in [1.807, 2.05) is 39.8 Å². The van der Waals surface area contributed by atoms with Gasteiger partial charge in [0, 0.05) is 36.4 Å². The molecule has 6 rings (SSSR count). The van der Waals surface area contributed by atoms with E-state index in [0.29, 0.717) is 5.57 Å². The van der Waals surface area contributed by atoms with Crippen LogP contribution in [0.4, 0.5) is 0 Å². The highest BCUT2D eigenvalue weighted by atomic mass is 17.2. The molecule has 30 heavy (non-hydrogen) atoms. The summed E-state index contributed by atoms with van der Waals surface area (Å²) in [7, 11) is 1.63. The lowest BCUT2D eigenvalue weighted by Crippen LogP contribution is -2.63. The summed E-state index contributed by atoms with van der Waals surface area (Å²) in [5.74, 6) is -2.20. The number of Topliss-reactive ketones (excluding diaryl/α,β-unsaturated/α-hetero) is 2. The summed E-state index contributed by atoms with van der Waals surface area (Å²) >= 11 is 0. The van der Waals surface area contributed by atoms with Crippen molar-refractivity contribution in [1.82, 2.24) is 0 Å². The highest BCUT2D eigenvalue weighted by Gasteiger charge is 2.82. The van der Waals surface area contributed by atoms with Gasteiger partial charge in [-0.25, -0.2) is 9.78 Å². The maximum Gasteiger partial charge on any atom is 0.190 e. The van der Waals surface area contributed by atoms with Crippen LogP contribution < -0.4 is 0 Å². The second-order valence-electron chi connectivity index (χ2n) is 10.6. The minimum Gasteiger partial charge on any atom is -0.392 e. The van der Waals surface area contributed by atoms with Gasteiger partial charge in [0.15, 0.2) is 11.6 Å². The molecule has 2 saturated heterocycles. The number of allylic oxidation sites excluding steroid dienone is 1. The smallest absolute Gasteiger partial charge is 0.190 e. The molecular weight excluding hydrogens is 388 g/mol. The van der Waals surface area contributed by atoms with E-state index >= 15 is 0 Å². The van der Waals surface area contributed by atoms with E-state index in [0.717, 1.165) is 5.57 Å². The Bertz CT molecular complexity index is 915. The van der Waals surface area contributed by atoms with Crippen LogP contribution in [-0.4, -0.2) is 59.9 Å². The number of hydrogen-bond acceptors (Lipinski definition) is 7. The molecule has 4 bridgehead atoms. The molecule has 5 fully saturated rings. The first-order valence-electron chi connectivity index (χ1n) is 10.8. The molecule has 3 saturated carbocycles. The molecule has 6 aliphatic rings. The average molecular weight is 416 g/mol. The fourth-order valence-corrected chi connectivity index (χ4v) is 7.47. The van der Waals surface area contributed by atoms with Gasteiger partial charge >= 0.3 is 0 Å². The molecule has 7 heteroatoms. The van der Waals surface area contributed by atoms with E-state index in [1.165, 1.54) is 0 Å². The van der Waals surface area contributed by atoms with Gasteiger partial charge in [-0.1, -0.05) is 17.7 Å². The minimum atomic E-state index is -0.962. The Morgan fingerprint density at radius 1 is 1.20 bits per heavy atom. The maximum absolute atomic E-state index is 14.2. The Balaban J connectivity index is 1.67. The van der Waals surface area contributed by atoms with Gasteiger partial charge in [0.1, 0.15) is 24.4 Å². The predicted molar refractivity (Wildman–Crippen MR) is 103 cm³/mol. The molecule has 0 aromatic rings. The lowest BCUT2D eigenvalue weighted by molar-refractivity contribution is -0.410. The zero-order valence-electron chi connectivity index (χ0n) is 17.8. The molecule has 4 aliphatic carbocycles. The monoisotopic (exact) mass is 416 g/mol. The highest BCUT2D eigenvalue weighted by Crippen LogP contribution is 2.72. The van der Waals surface area contributed by atoms with Gasteiger partial charge in [0.25, 0.3) is 0 Å². The fourth-order valence-electron chi connectivity index (χ4n) is 7.47. The summed E-state index contributed by atoms with van der Waals surface area (Å²) in [5, 5.41) is 11.4. The van der Waals surface area contributed by atoms with E-state index in [1.54, 1.807) is 7.11 Å². The Morgan fingerprint density at radius 2 is 1.93 bits per heavy atom. The number of rotatable bonds is 3. The summed E-state index contributed by atoms with van der Waals surface area (Å²) in [6.07, 6.45) is 1.01. The second kappa shape index (κ2) is 5.70. The van der Waals surface area contributed by atoms with Gasteiger partial charge in [-0.3, -0.25) is 9.59 Å². The Kier molecular flexibility index (Phi) is 3.67. The van der Waals surface area contributed by atoms with Crippen LogP contribution >= 0.6 is 0 Å². The van der Waals surface area contributed by atoms with Crippen LogP contribution in [-0.2, 0) is 28.8 Å². The third-order valence-electron chi connectivity index (χ3n) is 8.73. The normalized spacial score (nSPS) is 52.5. The van der Waals surface area contributed by atoms with Crippen molar-refractivity contribution in [2.75, 3.05) is 7.11 Å². The fraction of sp³-hybridized carbons (Fsp3) is 0.739. The summed E-state index contributed by atoms with van der Waals surface area (Å²) in [4.78, 5) is 39.5. The van der Waals surface area contributed by atoms with Crippen LogP contribution in [0.15, 0.2) is 23.3 Å². The lowest BCUT2D eigenvalue weighted by atomic mass is 9.54. The van der Waals surface area contributed by atoms with Crippen LogP contribution in [0.2, 0.25) is 0 Å². The van der Waals surface area contributed by atoms with Crippen molar-refractivity contribution in [2.45, 2.75) is 63.8 Å². The lowest BCUT2D eigenvalue weighted by Gasteiger charge is -2.54. The van der Waals surface area contributed by atoms with Crippen LogP contribution in [0.3, 0.4) is 0 Å². The maximum atomic E-state index is 14.2. The molecule has 0 radical (unpaired) electrons. The number of methoxy groups -OCH3 is 1. The first-order valence-corrected chi connectivity index (χ1v) is 10.8. The molecule has 0 unspecified atom stereocenters. The zero-order valence-corrected chi connectivity index (χ0v) is 17.8. The van der Waals surface area contributed by atoms with Crippen molar-refractivity contribution in [2.24, 2.45) is 35.0 Å². The standard InChI is InChI=1S/C23H28O7/c1-8(2)6-11-23-10(22(3,4)27-5)7-9-12(21(23)26)13-15(23)18(30-29-11)14(17(13)25)19-20(28-19)16(9)24/h6-7,10-15,17-20,25H,1-5H3/t10-,11+,12+,13-,14-,15-,17-,18-,19-,20+,23+/m0/s1. The summed E-state index contributed by atoms with van der Waals surface area (Å²) in [5.41, 5.74) is -0.193. The highest BCUT2D eigenvalue weighted by molar-refractivity contribution is 6.10. The van der Waals surface area contributed by atoms with Gasteiger partial charge < -0.3 is 14.6 Å². The SMILES string of the molecule is COC(C)(C)[C@@H]1C=C2C(=O)[C@H]3O[C@H]3[C@H]3[C@@H](O)[C@H]4[C@@H]2C(=O)[C@]12[C@@H]4[C@H]3OO[C@@H]2C=C(C)C. The summed E-state index contributed by atoms with van der Waals surface area (Å²) in [6, 6.07) is 0. The van der Waals surface area contributed by atoms with Gasteiger partial charge in [-0.05, 0) is 27.7 Å². The number of hydrogen-bond donors (Lipinski definition) is 1. The van der Waals surface area contributed by atoms with Crippen molar-refractivity contribution >= 4 is 11.6 Å². The number of epoxide rings is 1. The van der Waals surface area contributed by atoms with Crippen LogP contribution in [0, 0.1) is 35.0 Å². The third kappa shape index (κ3) is 1.95. The predicted octanol–water partition coefficient (Wildman–Crippen LogP) is 1.39. The molecule has 11 atom stereocenters. The average Bonchev–Trinajstić information content (AvgIpc) is 3.37. The number of carbonyl (C=O) groups excluding carboxylic acids is 2. The zero-order chi connectivity index (χ0) is 21.3. The number of aliphatic hydroxyl groups excluding tert-OH is 1. The third-order valence-corrected chi connectivity index (χ3v) is 8.73.